The number of likely N-dealkylation sites (tertiary alicyclic amines) is 2. The highest BCUT2D eigenvalue weighted by Crippen LogP contribution is 2.24. The smallest absolute Gasteiger partial charge is 0.410 e. The summed E-state index contributed by atoms with van der Waals surface area (Å²) in [7, 11) is 0. The van der Waals surface area contributed by atoms with Crippen LogP contribution in [0.15, 0.2) is 18.2 Å². The summed E-state index contributed by atoms with van der Waals surface area (Å²) in [4.78, 5) is 27.8. The van der Waals surface area contributed by atoms with Gasteiger partial charge in [0, 0.05) is 32.2 Å². The monoisotopic (exact) mass is 450 g/mol. The molecule has 7 nitrogen and oxygen atoms in total. The first-order valence-electron chi connectivity index (χ1n) is 11.5. The van der Waals surface area contributed by atoms with Crippen LogP contribution in [0.25, 0.3) is 0 Å². The molecule has 1 N–H and O–H groups in total. The van der Waals surface area contributed by atoms with Crippen molar-refractivity contribution in [1.82, 2.24) is 9.80 Å². The van der Waals surface area contributed by atoms with Crippen molar-refractivity contribution in [1.29, 1.82) is 0 Å². The molecule has 2 aliphatic rings. The van der Waals surface area contributed by atoms with Crippen LogP contribution in [0.4, 0.5) is 9.18 Å². The largest absolute Gasteiger partial charge is 0.493 e. The van der Waals surface area contributed by atoms with Crippen molar-refractivity contribution in [3.8, 4) is 5.75 Å². The van der Waals surface area contributed by atoms with Crippen LogP contribution in [0.3, 0.4) is 0 Å². The molecule has 0 bridgehead atoms. The quantitative estimate of drug-likeness (QED) is 0.667. The summed E-state index contributed by atoms with van der Waals surface area (Å²) >= 11 is 0. The van der Waals surface area contributed by atoms with E-state index in [1.807, 2.05) is 20.8 Å². The molecule has 0 spiro atoms. The Morgan fingerprint density at radius 1 is 1.12 bits per heavy atom. The van der Waals surface area contributed by atoms with Crippen LogP contribution in [-0.4, -0.2) is 71.4 Å². The summed E-state index contributed by atoms with van der Waals surface area (Å²) in [5, 5.41) is 9.57. The van der Waals surface area contributed by atoms with Crippen molar-refractivity contribution in [2.24, 2.45) is 5.92 Å². The van der Waals surface area contributed by atoms with Crippen LogP contribution >= 0.6 is 0 Å². The second-order valence-corrected chi connectivity index (χ2v) is 9.74. The van der Waals surface area contributed by atoms with Crippen LogP contribution in [0.2, 0.25) is 0 Å². The third-order valence-electron chi connectivity index (χ3n) is 5.91. The van der Waals surface area contributed by atoms with Gasteiger partial charge in [-0.15, -0.1) is 0 Å². The number of benzene rings is 1. The van der Waals surface area contributed by atoms with Crippen LogP contribution < -0.4 is 4.74 Å². The number of ether oxygens (including phenoxy) is 2. The number of β-amino-alcohol motifs (C(OH)–C–C–N with tert-alkyl or cyclic N) is 1. The Kier molecular flexibility index (Phi) is 7.98. The number of aliphatic hydroxyl groups excluding tert-OH is 1. The molecule has 2 aliphatic heterocycles. The van der Waals surface area contributed by atoms with Crippen molar-refractivity contribution in [2.45, 2.75) is 64.6 Å². The first-order valence-corrected chi connectivity index (χ1v) is 11.5. The zero-order valence-corrected chi connectivity index (χ0v) is 19.3. The number of hydrogen-bond donors (Lipinski definition) is 1. The molecule has 2 heterocycles. The molecule has 8 heteroatoms. The maximum absolute atomic E-state index is 14.4. The number of nitrogens with zero attached hydrogens (tertiary/aromatic N) is 2. The molecular formula is C24H35FN2O5. The van der Waals surface area contributed by atoms with Crippen molar-refractivity contribution in [3.05, 3.63) is 29.6 Å². The minimum atomic E-state index is -0.608. The van der Waals surface area contributed by atoms with E-state index in [9.17, 15) is 19.1 Å². The lowest BCUT2D eigenvalue weighted by molar-refractivity contribution is 0.0179. The van der Waals surface area contributed by atoms with Gasteiger partial charge in [0.1, 0.15) is 17.2 Å². The fourth-order valence-electron chi connectivity index (χ4n) is 4.15. The first kappa shape index (κ1) is 24.3. The number of aliphatic hydroxyl groups is 1. The maximum atomic E-state index is 14.4. The van der Waals surface area contributed by atoms with Gasteiger partial charge in [-0.25, -0.2) is 9.18 Å². The number of rotatable bonds is 6. The topological polar surface area (TPSA) is 79.3 Å². The van der Waals surface area contributed by atoms with Crippen LogP contribution in [-0.2, 0) is 4.74 Å². The van der Waals surface area contributed by atoms with Gasteiger partial charge in [-0.05, 0) is 70.9 Å². The lowest BCUT2D eigenvalue weighted by Gasteiger charge is -2.33. The number of carbonyl (C=O) groups excluding carboxylic acids is 2. The molecule has 2 fully saturated rings. The van der Waals surface area contributed by atoms with E-state index in [2.05, 4.69) is 0 Å². The highest BCUT2D eigenvalue weighted by molar-refractivity contribution is 5.94. The predicted octanol–water partition coefficient (Wildman–Crippen LogP) is 3.84. The van der Waals surface area contributed by atoms with Crippen molar-refractivity contribution in [2.75, 3.05) is 32.8 Å². The molecule has 178 valence electrons. The van der Waals surface area contributed by atoms with Gasteiger partial charge in [0.15, 0.2) is 0 Å². The number of halogens is 1. The average molecular weight is 451 g/mol. The Labute approximate surface area is 189 Å². The SMILES string of the molecule is CC(C)(C)OC(=O)N1CCC(CCCOc2ccc(C(=O)N3CC[C@@H](O)C3)c(F)c2)CC1. The van der Waals surface area contributed by atoms with Gasteiger partial charge in [-0.3, -0.25) is 4.79 Å². The Hall–Kier alpha value is -2.35. The summed E-state index contributed by atoms with van der Waals surface area (Å²) in [6, 6.07) is 4.31. The van der Waals surface area contributed by atoms with Gasteiger partial charge >= 0.3 is 6.09 Å². The van der Waals surface area contributed by atoms with E-state index in [1.165, 1.54) is 17.0 Å². The lowest BCUT2D eigenvalue weighted by atomic mass is 9.92. The van der Waals surface area contributed by atoms with E-state index in [0.29, 0.717) is 44.3 Å². The van der Waals surface area contributed by atoms with Gasteiger partial charge in [0.05, 0.1) is 18.3 Å². The highest BCUT2D eigenvalue weighted by atomic mass is 19.1. The third kappa shape index (κ3) is 6.82. The summed E-state index contributed by atoms with van der Waals surface area (Å²) in [6.07, 6.45) is 3.45. The molecule has 1 aromatic rings. The molecule has 1 aromatic carbocycles. The average Bonchev–Trinajstić information content (AvgIpc) is 3.16. The lowest BCUT2D eigenvalue weighted by Crippen LogP contribution is -2.41. The molecule has 2 saturated heterocycles. The summed E-state index contributed by atoms with van der Waals surface area (Å²) in [5.74, 6) is -0.0724. The van der Waals surface area contributed by atoms with Crippen LogP contribution in [0.5, 0.6) is 5.75 Å². The third-order valence-corrected chi connectivity index (χ3v) is 5.91. The normalized spacial score (nSPS) is 19.8. The fourth-order valence-corrected chi connectivity index (χ4v) is 4.15. The molecule has 0 radical (unpaired) electrons. The predicted molar refractivity (Wildman–Crippen MR) is 118 cm³/mol. The number of piperidine rings is 1. The fraction of sp³-hybridized carbons (Fsp3) is 0.667. The summed E-state index contributed by atoms with van der Waals surface area (Å²) < 4.78 is 25.5. The van der Waals surface area contributed by atoms with Crippen LogP contribution in [0, 0.1) is 11.7 Å². The van der Waals surface area contributed by atoms with Crippen molar-refractivity contribution in [3.63, 3.8) is 0 Å². The molecule has 0 aromatic heterocycles. The van der Waals surface area contributed by atoms with Gasteiger partial charge < -0.3 is 24.4 Å². The first-order chi connectivity index (χ1) is 15.1. The maximum Gasteiger partial charge on any atom is 0.410 e. The second-order valence-electron chi connectivity index (χ2n) is 9.74. The van der Waals surface area contributed by atoms with Gasteiger partial charge in [-0.1, -0.05) is 0 Å². The number of hydrogen-bond acceptors (Lipinski definition) is 5. The van der Waals surface area contributed by atoms with Crippen molar-refractivity contribution < 1.29 is 28.6 Å². The van der Waals surface area contributed by atoms with E-state index in [1.54, 1.807) is 11.0 Å². The molecule has 32 heavy (non-hydrogen) atoms. The standard InChI is InChI=1S/C24H35FN2O5/c1-24(2,3)32-23(30)26-11-8-17(9-12-26)5-4-14-31-19-6-7-20(21(25)15-19)22(29)27-13-10-18(28)16-27/h6-7,15,17-18,28H,4-5,8-14,16H2,1-3H3/t18-/m1/s1. The van der Waals surface area contributed by atoms with Gasteiger partial charge in [0.25, 0.3) is 5.91 Å². The van der Waals surface area contributed by atoms with Gasteiger partial charge in [-0.2, -0.15) is 0 Å². The summed E-state index contributed by atoms with van der Waals surface area (Å²) in [6.45, 7) is 8.17. The van der Waals surface area contributed by atoms with E-state index >= 15 is 0 Å². The Morgan fingerprint density at radius 2 is 1.81 bits per heavy atom. The number of amides is 2. The van der Waals surface area contributed by atoms with E-state index < -0.39 is 23.4 Å². The Bertz CT molecular complexity index is 802. The molecule has 2 amide bonds. The van der Waals surface area contributed by atoms with Crippen LogP contribution in [0.1, 0.15) is 63.2 Å². The Morgan fingerprint density at radius 3 is 2.41 bits per heavy atom. The van der Waals surface area contributed by atoms with E-state index in [4.69, 9.17) is 9.47 Å². The molecule has 1 atom stereocenters. The van der Waals surface area contributed by atoms with Gasteiger partial charge in [0.2, 0.25) is 0 Å². The summed E-state index contributed by atoms with van der Waals surface area (Å²) in [5.41, 5.74) is -0.476. The Balaban J connectivity index is 1.37. The highest BCUT2D eigenvalue weighted by Gasteiger charge is 2.28. The van der Waals surface area contributed by atoms with E-state index in [-0.39, 0.29) is 18.2 Å². The zero-order valence-electron chi connectivity index (χ0n) is 19.3. The molecule has 3 rings (SSSR count). The molecule has 0 saturated carbocycles. The number of carbonyl (C=O) groups is 2. The minimum Gasteiger partial charge on any atom is -0.493 e. The molecular weight excluding hydrogens is 415 g/mol. The second kappa shape index (κ2) is 10.5. The minimum absolute atomic E-state index is 0.00296. The molecule has 0 aliphatic carbocycles. The molecule has 0 unspecified atom stereocenters. The zero-order chi connectivity index (χ0) is 23.3. The van der Waals surface area contributed by atoms with Crippen molar-refractivity contribution >= 4 is 12.0 Å². The van der Waals surface area contributed by atoms with E-state index in [0.717, 1.165) is 25.7 Å².